The van der Waals surface area contributed by atoms with Crippen LogP contribution in [0.25, 0.3) is 0 Å². The number of halogens is 1. The summed E-state index contributed by atoms with van der Waals surface area (Å²) in [4.78, 5) is 10.4. The third-order valence-electron chi connectivity index (χ3n) is 2.81. The van der Waals surface area contributed by atoms with E-state index in [9.17, 15) is 4.79 Å². The molecule has 1 rings (SSSR count). The van der Waals surface area contributed by atoms with E-state index in [0.717, 1.165) is 27.5 Å². The third-order valence-corrected chi connectivity index (χ3v) is 3.39. The van der Waals surface area contributed by atoms with Crippen LogP contribution in [0.5, 0.6) is 5.75 Å². The van der Waals surface area contributed by atoms with E-state index in [1.165, 1.54) is 0 Å². The van der Waals surface area contributed by atoms with E-state index in [4.69, 9.17) is 21.4 Å². The maximum Gasteiger partial charge on any atom is 0.304 e. The van der Waals surface area contributed by atoms with Crippen LogP contribution in [0, 0.1) is 13.8 Å². The van der Waals surface area contributed by atoms with Crippen LogP contribution in [-0.4, -0.2) is 24.7 Å². The average molecular weight is 272 g/mol. The molecular formula is C13H18ClNO3. The quantitative estimate of drug-likeness (QED) is 0.781. The Morgan fingerprint density at radius 2 is 2.17 bits per heavy atom. The van der Waals surface area contributed by atoms with Crippen LogP contribution in [0.4, 0.5) is 0 Å². The van der Waals surface area contributed by atoms with Gasteiger partial charge in [0.1, 0.15) is 5.75 Å². The van der Waals surface area contributed by atoms with Crippen LogP contribution in [0.3, 0.4) is 0 Å². The normalized spacial score (nSPS) is 10.4. The topological polar surface area (TPSA) is 58.6 Å². The molecule has 1 aromatic carbocycles. The van der Waals surface area contributed by atoms with Gasteiger partial charge < -0.3 is 15.2 Å². The molecule has 0 amide bonds. The highest BCUT2D eigenvalue weighted by Crippen LogP contribution is 2.31. The minimum absolute atomic E-state index is 0.0982. The van der Waals surface area contributed by atoms with Crippen LogP contribution < -0.4 is 10.1 Å². The summed E-state index contributed by atoms with van der Waals surface area (Å²) in [5.41, 5.74) is 2.91. The minimum Gasteiger partial charge on any atom is -0.496 e. The molecule has 0 saturated heterocycles. The molecule has 0 atom stereocenters. The molecule has 4 nitrogen and oxygen atoms in total. The number of hydrogen-bond acceptors (Lipinski definition) is 3. The lowest BCUT2D eigenvalue weighted by atomic mass is 10.0. The number of carboxylic acids is 1. The van der Waals surface area contributed by atoms with E-state index in [1.807, 2.05) is 19.9 Å². The predicted molar refractivity (Wildman–Crippen MR) is 71.4 cm³/mol. The minimum atomic E-state index is -0.812. The van der Waals surface area contributed by atoms with Gasteiger partial charge in [0, 0.05) is 23.7 Å². The molecule has 18 heavy (non-hydrogen) atoms. The van der Waals surface area contributed by atoms with Crippen molar-refractivity contribution < 1.29 is 14.6 Å². The molecule has 0 aromatic heterocycles. The van der Waals surface area contributed by atoms with Crippen LogP contribution in [0.15, 0.2) is 6.07 Å². The van der Waals surface area contributed by atoms with Crippen molar-refractivity contribution in [1.29, 1.82) is 0 Å². The van der Waals surface area contributed by atoms with E-state index >= 15 is 0 Å². The van der Waals surface area contributed by atoms with Gasteiger partial charge in [0.05, 0.1) is 13.5 Å². The first kappa shape index (κ1) is 14.8. The molecule has 1 aromatic rings. The number of methoxy groups -OCH3 is 1. The molecular weight excluding hydrogens is 254 g/mol. The second-order valence-electron chi connectivity index (χ2n) is 4.13. The fourth-order valence-electron chi connectivity index (χ4n) is 1.77. The number of carboxylic acid groups (broad SMARTS) is 1. The lowest BCUT2D eigenvalue weighted by Gasteiger charge is -2.15. The SMILES string of the molecule is COc1cc(C)c(Cl)c(C)c1CNCCC(=O)O. The van der Waals surface area contributed by atoms with Crippen LogP contribution in [-0.2, 0) is 11.3 Å². The van der Waals surface area contributed by atoms with E-state index in [-0.39, 0.29) is 6.42 Å². The number of hydrogen-bond donors (Lipinski definition) is 2. The van der Waals surface area contributed by atoms with Gasteiger partial charge in [-0.05, 0) is 31.0 Å². The van der Waals surface area contributed by atoms with Crippen molar-refractivity contribution >= 4 is 17.6 Å². The molecule has 0 fully saturated rings. The fraction of sp³-hybridized carbons (Fsp3) is 0.462. The molecule has 0 spiro atoms. The van der Waals surface area contributed by atoms with Crippen LogP contribution >= 0.6 is 11.6 Å². The van der Waals surface area contributed by atoms with Gasteiger partial charge in [-0.1, -0.05) is 11.6 Å². The Kier molecular flexibility index (Phi) is 5.44. The first-order chi connectivity index (χ1) is 8.47. The van der Waals surface area contributed by atoms with Gasteiger partial charge in [0.2, 0.25) is 0 Å². The highest BCUT2D eigenvalue weighted by molar-refractivity contribution is 6.32. The molecule has 0 aliphatic rings. The molecule has 0 bridgehead atoms. The second-order valence-corrected chi connectivity index (χ2v) is 4.51. The van der Waals surface area contributed by atoms with Crippen molar-refractivity contribution in [2.45, 2.75) is 26.8 Å². The third kappa shape index (κ3) is 3.62. The molecule has 0 aliphatic heterocycles. The number of ether oxygens (including phenoxy) is 1. The van der Waals surface area contributed by atoms with Crippen molar-refractivity contribution in [3.63, 3.8) is 0 Å². The lowest BCUT2D eigenvalue weighted by Crippen LogP contribution is -2.18. The van der Waals surface area contributed by atoms with Crippen LogP contribution in [0.1, 0.15) is 23.1 Å². The summed E-state index contributed by atoms with van der Waals surface area (Å²) in [5, 5.41) is 12.4. The Bertz CT molecular complexity index is 446. The van der Waals surface area contributed by atoms with Gasteiger partial charge in [-0.15, -0.1) is 0 Å². The Morgan fingerprint density at radius 3 is 2.72 bits per heavy atom. The predicted octanol–water partition coefficient (Wildman–Crippen LogP) is 2.53. The highest BCUT2D eigenvalue weighted by atomic mass is 35.5. The first-order valence-electron chi connectivity index (χ1n) is 5.72. The Morgan fingerprint density at radius 1 is 1.50 bits per heavy atom. The molecule has 2 N–H and O–H groups in total. The number of benzene rings is 1. The summed E-state index contributed by atoms with van der Waals surface area (Å²) in [6.45, 7) is 4.83. The highest BCUT2D eigenvalue weighted by Gasteiger charge is 2.12. The summed E-state index contributed by atoms with van der Waals surface area (Å²) >= 11 is 6.20. The molecule has 5 heteroatoms. The van der Waals surface area contributed by atoms with E-state index < -0.39 is 5.97 Å². The molecule has 0 heterocycles. The van der Waals surface area contributed by atoms with Crippen LogP contribution in [0.2, 0.25) is 5.02 Å². The maximum absolute atomic E-state index is 10.4. The Balaban J connectivity index is 2.80. The zero-order valence-electron chi connectivity index (χ0n) is 10.8. The van der Waals surface area contributed by atoms with E-state index in [0.29, 0.717) is 13.1 Å². The zero-order valence-corrected chi connectivity index (χ0v) is 11.6. The largest absolute Gasteiger partial charge is 0.496 e. The van der Waals surface area contributed by atoms with Gasteiger partial charge in [-0.3, -0.25) is 4.79 Å². The van der Waals surface area contributed by atoms with Gasteiger partial charge >= 0.3 is 5.97 Å². The number of aliphatic carboxylic acids is 1. The average Bonchev–Trinajstić information content (AvgIpc) is 2.33. The molecule has 0 saturated carbocycles. The Labute approximate surface area is 112 Å². The fourth-order valence-corrected chi connectivity index (χ4v) is 1.94. The van der Waals surface area contributed by atoms with Crippen molar-refractivity contribution in [2.75, 3.05) is 13.7 Å². The molecule has 0 aliphatic carbocycles. The van der Waals surface area contributed by atoms with Gasteiger partial charge in [0.25, 0.3) is 0 Å². The molecule has 0 radical (unpaired) electrons. The van der Waals surface area contributed by atoms with Crippen molar-refractivity contribution in [2.24, 2.45) is 0 Å². The van der Waals surface area contributed by atoms with Crippen molar-refractivity contribution in [3.8, 4) is 5.75 Å². The summed E-state index contributed by atoms with van der Waals surface area (Å²) in [5.74, 6) is -0.0367. The van der Waals surface area contributed by atoms with Crippen molar-refractivity contribution in [1.82, 2.24) is 5.32 Å². The van der Waals surface area contributed by atoms with E-state index in [1.54, 1.807) is 7.11 Å². The summed E-state index contributed by atoms with van der Waals surface area (Å²) < 4.78 is 5.33. The molecule has 100 valence electrons. The number of carbonyl (C=O) groups is 1. The van der Waals surface area contributed by atoms with Gasteiger partial charge in [-0.25, -0.2) is 0 Å². The maximum atomic E-state index is 10.4. The summed E-state index contributed by atoms with van der Waals surface area (Å²) in [6, 6.07) is 1.89. The zero-order chi connectivity index (χ0) is 13.7. The molecule has 0 unspecified atom stereocenters. The first-order valence-corrected chi connectivity index (χ1v) is 6.10. The van der Waals surface area contributed by atoms with E-state index in [2.05, 4.69) is 5.32 Å². The summed E-state index contributed by atoms with van der Waals surface area (Å²) in [6.07, 6.45) is 0.0982. The standard InChI is InChI=1S/C13H18ClNO3/c1-8-6-11(18-3)10(9(2)13(8)14)7-15-5-4-12(16)17/h6,15H,4-5,7H2,1-3H3,(H,16,17). The lowest BCUT2D eigenvalue weighted by molar-refractivity contribution is -0.136. The smallest absolute Gasteiger partial charge is 0.304 e. The van der Waals surface area contributed by atoms with Gasteiger partial charge in [-0.2, -0.15) is 0 Å². The number of rotatable bonds is 6. The number of aryl methyl sites for hydroxylation is 1. The monoisotopic (exact) mass is 271 g/mol. The summed E-state index contributed by atoms with van der Waals surface area (Å²) in [7, 11) is 1.61. The Hall–Kier alpha value is -1.26. The second kappa shape index (κ2) is 6.61. The number of nitrogens with one attached hydrogen (secondary N) is 1. The van der Waals surface area contributed by atoms with Crippen molar-refractivity contribution in [3.05, 3.63) is 27.8 Å². The van der Waals surface area contributed by atoms with Gasteiger partial charge in [0.15, 0.2) is 0 Å².